The lowest BCUT2D eigenvalue weighted by Crippen LogP contribution is -2.53. The molecule has 0 aromatic heterocycles. The predicted octanol–water partition coefficient (Wildman–Crippen LogP) is 2.98. The first-order valence-electron chi connectivity index (χ1n) is 5.71. The van der Waals surface area contributed by atoms with Crippen LogP contribution in [0.15, 0.2) is 0 Å². The highest BCUT2D eigenvalue weighted by molar-refractivity contribution is 6.65. The Morgan fingerprint density at radius 1 is 1.27 bits per heavy atom. The molecule has 0 spiro atoms. The van der Waals surface area contributed by atoms with E-state index in [0.29, 0.717) is 13.2 Å². The van der Waals surface area contributed by atoms with Gasteiger partial charge in [-0.15, -0.1) is 23.2 Å². The van der Waals surface area contributed by atoms with Crippen molar-refractivity contribution in [1.82, 2.24) is 0 Å². The van der Waals surface area contributed by atoms with Gasteiger partial charge >= 0.3 is 9.28 Å². The van der Waals surface area contributed by atoms with E-state index in [-0.39, 0.29) is 5.38 Å². The summed E-state index contributed by atoms with van der Waals surface area (Å²) in [5.41, 5.74) is 0. The topological polar surface area (TPSA) is 18.5 Å². The second kappa shape index (κ2) is 6.45. The highest BCUT2D eigenvalue weighted by atomic mass is 35.5. The Kier molecular flexibility index (Phi) is 5.93. The van der Waals surface area contributed by atoms with Gasteiger partial charge in [-0.3, -0.25) is 0 Å². The molecule has 2 atom stereocenters. The van der Waals surface area contributed by atoms with Crippen LogP contribution in [0.3, 0.4) is 0 Å². The van der Waals surface area contributed by atoms with Gasteiger partial charge in [0.2, 0.25) is 0 Å². The Morgan fingerprint density at radius 2 is 1.87 bits per heavy atom. The maximum Gasteiger partial charge on any atom is 0.344 e. The van der Waals surface area contributed by atoms with Crippen LogP contribution in [0.2, 0.25) is 0 Å². The molecule has 1 fully saturated rings. The minimum atomic E-state index is -1.85. The molecule has 0 N–H and O–H groups in total. The molecular formula is C10H20Cl2O2Si. The Labute approximate surface area is 104 Å². The first-order chi connectivity index (χ1) is 7.15. The van der Waals surface area contributed by atoms with Gasteiger partial charge in [0.25, 0.3) is 0 Å². The van der Waals surface area contributed by atoms with Crippen LogP contribution in [0.1, 0.15) is 39.5 Å². The van der Waals surface area contributed by atoms with Gasteiger partial charge in [0.15, 0.2) is 0 Å². The summed E-state index contributed by atoms with van der Waals surface area (Å²) in [6.07, 6.45) is 4.21. The third kappa shape index (κ3) is 3.33. The molecule has 0 bridgehead atoms. The maximum absolute atomic E-state index is 6.63. The van der Waals surface area contributed by atoms with Crippen LogP contribution >= 0.6 is 23.2 Å². The first kappa shape index (κ1) is 13.8. The summed E-state index contributed by atoms with van der Waals surface area (Å²) in [6, 6.07) is 0. The number of rotatable bonds is 5. The van der Waals surface area contributed by atoms with Crippen molar-refractivity contribution < 1.29 is 8.85 Å². The molecule has 2 unspecified atom stereocenters. The third-order valence-electron chi connectivity index (χ3n) is 2.82. The van der Waals surface area contributed by atoms with E-state index in [2.05, 4.69) is 0 Å². The lowest BCUT2D eigenvalue weighted by Gasteiger charge is -2.39. The largest absolute Gasteiger partial charge is 0.396 e. The van der Waals surface area contributed by atoms with Gasteiger partial charge < -0.3 is 8.85 Å². The highest BCUT2D eigenvalue weighted by Crippen LogP contribution is 2.40. The number of alkyl halides is 2. The van der Waals surface area contributed by atoms with Crippen molar-refractivity contribution in [2.75, 3.05) is 13.2 Å². The normalized spacial score (nSPS) is 32.2. The molecule has 0 saturated heterocycles. The molecule has 15 heavy (non-hydrogen) atoms. The molecule has 0 radical (unpaired) electrons. The SMILES string of the molecule is CCO[SiH](OCC)C1(Cl)CCCCC1Cl. The van der Waals surface area contributed by atoms with E-state index in [1.807, 2.05) is 13.8 Å². The van der Waals surface area contributed by atoms with Crippen LogP contribution in [-0.4, -0.2) is 32.4 Å². The Morgan fingerprint density at radius 3 is 2.33 bits per heavy atom. The van der Waals surface area contributed by atoms with E-state index < -0.39 is 13.8 Å². The molecule has 0 aromatic rings. The van der Waals surface area contributed by atoms with E-state index in [9.17, 15) is 0 Å². The van der Waals surface area contributed by atoms with Crippen molar-refractivity contribution in [2.24, 2.45) is 0 Å². The summed E-state index contributed by atoms with van der Waals surface area (Å²) >= 11 is 13.0. The molecule has 0 amide bonds. The van der Waals surface area contributed by atoms with Crippen molar-refractivity contribution in [3.8, 4) is 0 Å². The van der Waals surface area contributed by atoms with Gasteiger partial charge in [-0.05, 0) is 26.7 Å². The summed E-state index contributed by atoms with van der Waals surface area (Å²) in [5.74, 6) is 0. The van der Waals surface area contributed by atoms with Crippen LogP contribution in [0.4, 0.5) is 0 Å². The van der Waals surface area contributed by atoms with Crippen LogP contribution < -0.4 is 0 Å². The molecule has 5 heteroatoms. The lowest BCUT2D eigenvalue weighted by molar-refractivity contribution is 0.191. The van der Waals surface area contributed by atoms with Crippen LogP contribution in [0.25, 0.3) is 0 Å². The van der Waals surface area contributed by atoms with Crippen molar-refractivity contribution >= 4 is 32.5 Å². The van der Waals surface area contributed by atoms with Gasteiger partial charge in [0.1, 0.15) is 4.50 Å². The molecule has 1 aliphatic carbocycles. The zero-order valence-corrected chi connectivity index (χ0v) is 12.1. The molecule has 0 aliphatic heterocycles. The van der Waals surface area contributed by atoms with Crippen molar-refractivity contribution in [3.63, 3.8) is 0 Å². The van der Waals surface area contributed by atoms with E-state index in [1.54, 1.807) is 0 Å². The average molecular weight is 271 g/mol. The second-order valence-electron chi connectivity index (χ2n) is 3.88. The quantitative estimate of drug-likeness (QED) is 0.565. The van der Waals surface area contributed by atoms with E-state index in [4.69, 9.17) is 32.1 Å². The summed E-state index contributed by atoms with van der Waals surface area (Å²) in [7, 11) is -1.85. The molecular weight excluding hydrogens is 251 g/mol. The van der Waals surface area contributed by atoms with Gasteiger partial charge in [-0.2, -0.15) is 0 Å². The summed E-state index contributed by atoms with van der Waals surface area (Å²) in [4.78, 5) is 0. The van der Waals surface area contributed by atoms with E-state index in [0.717, 1.165) is 19.3 Å². The number of hydrogen-bond acceptors (Lipinski definition) is 2. The number of hydrogen-bond donors (Lipinski definition) is 0. The van der Waals surface area contributed by atoms with E-state index in [1.165, 1.54) is 6.42 Å². The zero-order chi connectivity index (χ0) is 11.3. The van der Waals surface area contributed by atoms with Gasteiger partial charge in [-0.25, -0.2) is 0 Å². The summed E-state index contributed by atoms with van der Waals surface area (Å²) < 4.78 is 11.0. The molecule has 2 nitrogen and oxygen atoms in total. The van der Waals surface area contributed by atoms with Crippen LogP contribution in [-0.2, 0) is 8.85 Å². The van der Waals surface area contributed by atoms with Crippen molar-refractivity contribution in [3.05, 3.63) is 0 Å². The average Bonchev–Trinajstić information content (AvgIpc) is 2.22. The minimum absolute atomic E-state index is 0.00248. The van der Waals surface area contributed by atoms with E-state index >= 15 is 0 Å². The fourth-order valence-electron chi connectivity index (χ4n) is 2.01. The van der Waals surface area contributed by atoms with Crippen molar-refractivity contribution in [1.29, 1.82) is 0 Å². The molecule has 1 rings (SSSR count). The second-order valence-corrected chi connectivity index (χ2v) is 7.84. The molecule has 0 aromatic carbocycles. The summed E-state index contributed by atoms with van der Waals surface area (Å²) in [6.45, 7) is 5.28. The fourth-order valence-corrected chi connectivity index (χ4v) is 5.36. The Balaban J connectivity index is 2.68. The Bertz CT molecular complexity index is 188. The third-order valence-corrected chi connectivity index (χ3v) is 7.48. The van der Waals surface area contributed by atoms with Gasteiger partial charge in [0, 0.05) is 13.2 Å². The summed E-state index contributed by atoms with van der Waals surface area (Å²) in [5, 5.41) is 0.00248. The molecule has 1 saturated carbocycles. The van der Waals surface area contributed by atoms with Gasteiger partial charge in [-0.1, -0.05) is 12.8 Å². The zero-order valence-electron chi connectivity index (χ0n) is 9.47. The van der Waals surface area contributed by atoms with Crippen molar-refractivity contribution in [2.45, 2.75) is 49.4 Å². The standard InChI is InChI=1S/C10H20Cl2O2Si/c1-3-13-15(14-4-2)10(12)8-6-5-7-9(10)11/h9,15H,3-8H2,1-2H3. The van der Waals surface area contributed by atoms with Crippen LogP contribution in [0.5, 0.6) is 0 Å². The lowest BCUT2D eigenvalue weighted by atomic mass is 9.99. The maximum atomic E-state index is 6.63. The molecule has 1 aliphatic rings. The first-order valence-corrected chi connectivity index (χ1v) is 8.04. The monoisotopic (exact) mass is 270 g/mol. The number of halogens is 2. The molecule has 90 valence electrons. The molecule has 0 heterocycles. The van der Waals surface area contributed by atoms with Crippen LogP contribution in [0, 0.1) is 0 Å². The Hall–Kier alpha value is 0.717. The minimum Gasteiger partial charge on any atom is -0.396 e. The van der Waals surface area contributed by atoms with Gasteiger partial charge in [0.05, 0.1) is 5.38 Å². The smallest absolute Gasteiger partial charge is 0.344 e. The predicted molar refractivity (Wildman–Crippen MR) is 67.1 cm³/mol. The highest BCUT2D eigenvalue weighted by Gasteiger charge is 2.48. The fraction of sp³-hybridized carbons (Fsp3) is 1.00.